The standard InChI is InChI=1S/C14H15ClN2O2/c1-8-10-5-3-4-6-11(10)17-12(13(8)15)7-16-9(2)14(18)19/h3-6,9,16H,7H2,1-2H3,(H,18,19)/t9-/m1/s1. The fourth-order valence-corrected chi connectivity index (χ4v) is 2.08. The molecular formula is C14H15ClN2O2. The van der Waals surface area contributed by atoms with Crippen LogP contribution < -0.4 is 5.32 Å². The van der Waals surface area contributed by atoms with E-state index in [4.69, 9.17) is 16.7 Å². The molecule has 4 nitrogen and oxygen atoms in total. The number of pyridine rings is 1. The van der Waals surface area contributed by atoms with Crippen molar-refractivity contribution in [2.24, 2.45) is 0 Å². The molecule has 100 valence electrons. The van der Waals surface area contributed by atoms with Crippen molar-refractivity contribution in [1.29, 1.82) is 0 Å². The Labute approximate surface area is 116 Å². The third-order valence-corrected chi connectivity index (χ3v) is 3.59. The largest absolute Gasteiger partial charge is 0.480 e. The van der Waals surface area contributed by atoms with Crippen LogP contribution in [0.25, 0.3) is 10.9 Å². The van der Waals surface area contributed by atoms with E-state index in [1.54, 1.807) is 6.92 Å². The maximum absolute atomic E-state index is 10.8. The predicted molar refractivity (Wildman–Crippen MR) is 75.4 cm³/mol. The summed E-state index contributed by atoms with van der Waals surface area (Å²) in [6.07, 6.45) is 0. The number of nitrogens with zero attached hydrogens (tertiary/aromatic N) is 1. The fraction of sp³-hybridized carbons (Fsp3) is 0.286. The van der Waals surface area contributed by atoms with Gasteiger partial charge in [0, 0.05) is 11.9 Å². The number of aromatic nitrogens is 1. The molecular weight excluding hydrogens is 264 g/mol. The van der Waals surface area contributed by atoms with Gasteiger partial charge in [0.2, 0.25) is 0 Å². The molecule has 1 aromatic carbocycles. The van der Waals surface area contributed by atoms with Crippen molar-refractivity contribution in [1.82, 2.24) is 10.3 Å². The van der Waals surface area contributed by atoms with Gasteiger partial charge in [-0.05, 0) is 25.5 Å². The van der Waals surface area contributed by atoms with Gasteiger partial charge in [-0.1, -0.05) is 29.8 Å². The molecule has 0 amide bonds. The molecule has 19 heavy (non-hydrogen) atoms. The number of aryl methyl sites for hydroxylation is 1. The van der Waals surface area contributed by atoms with Gasteiger partial charge in [-0.15, -0.1) is 0 Å². The van der Waals surface area contributed by atoms with Gasteiger partial charge < -0.3 is 5.11 Å². The van der Waals surface area contributed by atoms with Crippen LogP contribution in [0.1, 0.15) is 18.2 Å². The van der Waals surface area contributed by atoms with Gasteiger partial charge in [0.15, 0.2) is 0 Å². The van der Waals surface area contributed by atoms with E-state index < -0.39 is 12.0 Å². The Bertz CT molecular complexity index is 628. The second kappa shape index (κ2) is 5.55. The van der Waals surface area contributed by atoms with Crippen LogP contribution in [-0.2, 0) is 11.3 Å². The fourth-order valence-electron chi connectivity index (χ4n) is 1.87. The number of para-hydroxylation sites is 1. The molecule has 2 N–H and O–H groups in total. The minimum absolute atomic E-state index is 0.331. The van der Waals surface area contributed by atoms with E-state index in [1.165, 1.54) is 0 Å². The second-order valence-corrected chi connectivity index (χ2v) is 4.83. The lowest BCUT2D eigenvalue weighted by atomic mass is 10.1. The molecule has 0 fully saturated rings. The van der Waals surface area contributed by atoms with Crippen molar-refractivity contribution in [2.75, 3.05) is 0 Å². The number of aliphatic carboxylic acids is 1. The van der Waals surface area contributed by atoms with Crippen molar-refractivity contribution >= 4 is 28.5 Å². The zero-order valence-electron chi connectivity index (χ0n) is 10.8. The first-order valence-electron chi connectivity index (χ1n) is 6.00. The molecule has 0 saturated heterocycles. The second-order valence-electron chi connectivity index (χ2n) is 4.46. The minimum Gasteiger partial charge on any atom is -0.480 e. The highest BCUT2D eigenvalue weighted by Crippen LogP contribution is 2.26. The van der Waals surface area contributed by atoms with E-state index in [0.717, 1.165) is 16.5 Å². The summed E-state index contributed by atoms with van der Waals surface area (Å²) in [7, 11) is 0. The van der Waals surface area contributed by atoms with Gasteiger partial charge in [-0.2, -0.15) is 0 Å². The van der Waals surface area contributed by atoms with E-state index in [2.05, 4.69) is 10.3 Å². The van der Waals surface area contributed by atoms with Crippen LogP contribution in [0, 0.1) is 6.92 Å². The van der Waals surface area contributed by atoms with Gasteiger partial charge >= 0.3 is 5.97 Å². The number of carbonyl (C=O) groups is 1. The lowest BCUT2D eigenvalue weighted by Crippen LogP contribution is -2.33. The number of carboxylic acids is 1. The smallest absolute Gasteiger partial charge is 0.320 e. The quantitative estimate of drug-likeness (QED) is 0.903. The van der Waals surface area contributed by atoms with Gasteiger partial charge in [-0.25, -0.2) is 4.98 Å². The zero-order chi connectivity index (χ0) is 14.0. The van der Waals surface area contributed by atoms with Gasteiger partial charge in [0.05, 0.1) is 16.2 Å². The first kappa shape index (κ1) is 13.8. The Hall–Kier alpha value is -1.65. The molecule has 1 heterocycles. The van der Waals surface area contributed by atoms with Gasteiger partial charge in [0.25, 0.3) is 0 Å². The number of nitrogens with one attached hydrogen (secondary N) is 1. The highest BCUT2D eigenvalue weighted by molar-refractivity contribution is 6.32. The minimum atomic E-state index is -0.895. The number of hydrogen-bond donors (Lipinski definition) is 2. The number of benzene rings is 1. The summed E-state index contributed by atoms with van der Waals surface area (Å²) in [4.78, 5) is 15.2. The number of carboxylic acid groups (broad SMARTS) is 1. The topological polar surface area (TPSA) is 62.2 Å². The molecule has 1 atom stereocenters. The summed E-state index contributed by atoms with van der Waals surface area (Å²) in [5.41, 5.74) is 2.50. The van der Waals surface area contributed by atoms with Crippen molar-refractivity contribution < 1.29 is 9.90 Å². The first-order valence-corrected chi connectivity index (χ1v) is 6.38. The van der Waals surface area contributed by atoms with Crippen LogP contribution in [-0.4, -0.2) is 22.1 Å². The lowest BCUT2D eigenvalue weighted by molar-refractivity contribution is -0.139. The van der Waals surface area contributed by atoms with Crippen molar-refractivity contribution in [3.05, 3.63) is 40.5 Å². The molecule has 5 heteroatoms. The van der Waals surface area contributed by atoms with E-state index in [0.29, 0.717) is 17.3 Å². The van der Waals surface area contributed by atoms with Crippen LogP contribution in [0.3, 0.4) is 0 Å². The van der Waals surface area contributed by atoms with Gasteiger partial charge in [-0.3, -0.25) is 10.1 Å². The lowest BCUT2D eigenvalue weighted by Gasteiger charge is -2.12. The molecule has 0 spiro atoms. The van der Waals surface area contributed by atoms with E-state index >= 15 is 0 Å². The molecule has 2 aromatic rings. The number of hydrogen-bond acceptors (Lipinski definition) is 3. The summed E-state index contributed by atoms with van der Waals surface area (Å²) in [6.45, 7) is 3.86. The third kappa shape index (κ3) is 2.85. The van der Waals surface area contributed by atoms with Crippen molar-refractivity contribution in [3.63, 3.8) is 0 Å². The third-order valence-electron chi connectivity index (χ3n) is 3.09. The molecule has 1 aromatic heterocycles. The predicted octanol–water partition coefficient (Wildman–Crippen LogP) is 2.76. The molecule has 0 bridgehead atoms. The SMILES string of the molecule is Cc1c(Cl)c(CN[C@H](C)C(=O)O)nc2ccccc12. The highest BCUT2D eigenvalue weighted by atomic mass is 35.5. The number of fused-ring (bicyclic) bond motifs is 1. The molecule has 0 aliphatic rings. The van der Waals surface area contributed by atoms with Crippen LogP contribution >= 0.6 is 11.6 Å². The Morgan fingerprint density at radius 2 is 2.16 bits per heavy atom. The van der Waals surface area contributed by atoms with E-state index in [1.807, 2.05) is 31.2 Å². The summed E-state index contributed by atoms with van der Waals surface area (Å²) >= 11 is 6.29. The summed E-state index contributed by atoms with van der Waals surface area (Å²) < 4.78 is 0. The maximum atomic E-state index is 10.8. The molecule has 0 saturated carbocycles. The Kier molecular flexibility index (Phi) is 4.02. The number of halogens is 1. The molecule has 0 aliphatic carbocycles. The highest BCUT2D eigenvalue weighted by Gasteiger charge is 2.13. The maximum Gasteiger partial charge on any atom is 0.320 e. The average molecular weight is 279 g/mol. The summed E-state index contributed by atoms with van der Waals surface area (Å²) in [6, 6.07) is 7.12. The monoisotopic (exact) mass is 278 g/mol. The summed E-state index contributed by atoms with van der Waals surface area (Å²) in [5, 5.41) is 13.3. The first-order chi connectivity index (χ1) is 9.00. The van der Waals surface area contributed by atoms with E-state index in [9.17, 15) is 4.79 Å². The van der Waals surface area contributed by atoms with Gasteiger partial charge in [0.1, 0.15) is 6.04 Å². The van der Waals surface area contributed by atoms with Crippen LogP contribution in [0.4, 0.5) is 0 Å². The van der Waals surface area contributed by atoms with Crippen LogP contribution in [0.5, 0.6) is 0 Å². The van der Waals surface area contributed by atoms with Crippen molar-refractivity contribution in [3.8, 4) is 0 Å². The average Bonchev–Trinajstić information content (AvgIpc) is 2.40. The van der Waals surface area contributed by atoms with Crippen LogP contribution in [0.2, 0.25) is 5.02 Å². The number of rotatable bonds is 4. The van der Waals surface area contributed by atoms with Crippen LogP contribution in [0.15, 0.2) is 24.3 Å². The normalized spacial score (nSPS) is 12.6. The molecule has 2 rings (SSSR count). The Morgan fingerprint density at radius 3 is 2.84 bits per heavy atom. The molecule has 0 unspecified atom stereocenters. The molecule has 0 radical (unpaired) electrons. The summed E-state index contributed by atoms with van der Waals surface area (Å²) in [5.74, 6) is -0.895. The molecule has 0 aliphatic heterocycles. The Morgan fingerprint density at radius 1 is 1.47 bits per heavy atom. The van der Waals surface area contributed by atoms with Crippen molar-refractivity contribution in [2.45, 2.75) is 26.4 Å². The zero-order valence-corrected chi connectivity index (χ0v) is 11.5. The van der Waals surface area contributed by atoms with E-state index in [-0.39, 0.29) is 0 Å². The Balaban J connectivity index is 2.33.